The third kappa shape index (κ3) is 2.49. The van der Waals surface area contributed by atoms with Gasteiger partial charge in [-0.15, -0.1) is 0 Å². The monoisotopic (exact) mass is 263 g/mol. The van der Waals surface area contributed by atoms with Crippen molar-refractivity contribution in [1.29, 1.82) is 0 Å². The Bertz CT molecular complexity index is 633. The smallest absolute Gasteiger partial charge is 0.0960 e. The number of hydrogen-bond acceptors (Lipinski definition) is 2. The van der Waals surface area contributed by atoms with Crippen molar-refractivity contribution in [3.05, 3.63) is 90.3 Å². The molecule has 3 rings (SSSR count). The van der Waals surface area contributed by atoms with E-state index in [1.54, 1.807) is 6.20 Å². The van der Waals surface area contributed by atoms with Crippen LogP contribution in [0, 0.1) is 0 Å². The Hall–Kier alpha value is -2.39. The van der Waals surface area contributed by atoms with Crippen molar-refractivity contribution in [2.24, 2.45) is 5.73 Å². The van der Waals surface area contributed by atoms with Gasteiger partial charge in [0.15, 0.2) is 0 Å². The molecule has 0 aliphatic carbocycles. The maximum atomic E-state index is 6.50. The molecule has 2 unspecified atom stereocenters. The number of nitrogens with zero attached hydrogens (tertiary/aromatic N) is 2. The van der Waals surface area contributed by atoms with Crippen molar-refractivity contribution in [1.82, 2.24) is 9.78 Å². The summed E-state index contributed by atoms with van der Waals surface area (Å²) in [5.74, 6) is 0. The van der Waals surface area contributed by atoms with Crippen molar-refractivity contribution < 1.29 is 0 Å². The fraction of sp³-hybridized carbons (Fsp3) is 0.118. The Morgan fingerprint density at radius 2 is 1.40 bits per heavy atom. The van der Waals surface area contributed by atoms with Crippen LogP contribution in [0.4, 0.5) is 0 Å². The van der Waals surface area contributed by atoms with Crippen LogP contribution in [0.1, 0.15) is 23.2 Å². The highest BCUT2D eigenvalue weighted by Crippen LogP contribution is 2.29. The molecule has 2 atom stereocenters. The van der Waals surface area contributed by atoms with Crippen LogP contribution >= 0.6 is 0 Å². The van der Waals surface area contributed by atoms with E-state index in [0.717, 1.165) is 11.1 Å². The highest BCUT2D eigenvalue weighted by molar-refractivity contribution is 5.27. The average Bonchev–Trinajstić information content (AvgIpc) is 3.03. The SMILES string of the molecule is NC(c1ccccc1)C(c1ccccc1)n1cccn1. The van der Waals surface area contributed by atoms with Crippen LogP contribution in [-0.2, 0) is 0 Å². The number of nitrogens with two attached hydrogens (primary N) is 1. The van der Waals surface area contributed by atoms with Gasteiger partial charge in [0.25, 0.3) is 0 Å². The van der Waals surface area contributed by atoms with E-state index in [2.05, 4.69) is 29.4 Å². The largest absolute Gasteiger partial charge is 0.322 e. The molecule has 0 fully saturated rings. The molecule has 0 saturated carbocycles. The van der Waals surface area contributed by atoms with E-state index in [0.29, 0.717) is 0 Å². The maximum absolute atomic E-state index is 6.50. The van der Waals surface area contributed by atoms with Crippen molar-refractivity contribution >= 4 is 0 Å². The van der Waals surface area contributed by atoms with Gasteiger partial charge in [0.1, 0.15) is 0 Å². The fourth-order valence-electron chi connectivity index (χ4n) is 2.48. The van der Waals surface area contributed by atoms with Crippen LogP contribution in [0.15, 0.2) is 79.1 Å². The molecule has 2 aromatic carbocycles. The Morgan fingerprint density at radius 3 is 1.95 bits per heavy atom. The van der Waals surface area contributed by atoms with Crippen molar-refractivity contribution in [3.63, 3.8) is 0 Å². The highest BCUT2D eigenvalue weighted by atomic mass is 15.3. The summed E-state index contributed by atoms with van der Waals surface area (Å²) in [5, 5.41) is 4.38. The molecule has 3 heteroatoms. The molecule has 1 heterocycles. The summed E-state index contributed by atoms with van der Waals surface area (Å²) in [4.78, 5) is 0. The zero-order valence-electron chi connectivity index (χ0n) is 11.1. The van der Waals surface area contributed by atoms with E-state index in [1.807, 2.05) is 53.3 Å². The molecular weight excluding hydrogens is 246 g/mol. The number of rotatable bonds is 4. The van der Waals surface area contributed by atoms with Gasteiger partial charge >= 0.3 is 0 Å². The number of aromatic nitrogens is 2. The minimum absolute atomic E-state index is 0.00593. The minimum atomic E-state index is -0.140. The third-order valence-electron chi connectivity index (χ3n) is 3.48. The van der Waals surface area contributed by atoms with Gasteiger partial charge < -0.3 is 5.73 Å². The van der Waals surface area contributed by atoms with E-state index in [4.69, 9.17) is 5.73 Å². The molecule has 1 aromatic heterocycles. The second-order valence-corrected chi connectivity index (χ2v) is 4.78. The quantitative estimate of drug-likeness (QED) is 0.785. The molecule has 0 radical (unpaired) electrons. The highest BCUT2D eigenvalue weighted by Gasteiger charge is 2.23. The normalized spacial score (nSPS) is 13.8. The molecule has 0 saturated heterocycles. The number of benzene rings is 2. The molecule has 3 aromatic rings. The van der Waals surface area contributed by atoms with Crippen molar-refractivity contribution in [3.8, 4) is 0 Å². The summed E-state index contributed by atoms with van der Waals surface area (Å²) < 4.78 is 1.92. The van der Waals surface area contributed by atoms with Crippen LogP contribution in [0.3, 0.4) is 0 Å². The lowest BCUT2D eigenvalue weighted by Crippen LogP contribution is -2.26. The van der Waals surface area contributed by atoms with Gasteiger partial charge in [-0.2, -0.15) is 5.10 Å². The van der Waals surface area contributed by atoms with Gasteiger partial charge in [0, 0.05) is 12.4 Å². The molecule has 0 amide bonds. The fourth-order valence-corrected chi connectivity index (χ4v) is 2.48. The van der Waals surface area contributed by atoms with Crippen LogP contribution < -0.4 is 5.73 Å². The molecule has 0 spiro atoms. The molecule has 0 bridgehead atoms. The molecule has 2 N–H and O–H groups in total. The first-order valence-electron chi connectivity index (χ1n) is 6.71. The van der Waals surface area contributed by atoms with Gasteiger partial charge in [-0.1, -0.05) is 60.7 Å². The Kier molecular flexibility index (Phi) is 3.61. The van der Waals surface area contributed by atoms with E-state index in [9.17, 15) is 0 Å². The van der Waals surface area contributed by atoms with Crippen molar-refractivity contribution in [2.75, 3.05) is 0 Å². The van der Waals surface area contributed by atoms with Crippen LogP contribution in [0.25, 0.3) is 0 Å². The third-order valence-corrected chi connectivity index (χ3v) is 3.48. The predicted molar refractivity (Wildman–Crippen MR) is 80.2 cm³/mol. The lowest BCUT2D eigenvalue weighted by atomic mass is 9.94. The molecular formula is C17H17N3. The van der Waals surface area contributed by atoms with Gasteiger partial charge in [0.05, 0.1) is 12.1 Å². The molecule has 3 nitrogen and oxygen atoms in total. The predicted octanol–water partition coefficient (Wildman–Crippen LogP) is 3.17. The standard InChI is InChI=1S/C17H17N3/c18-16(14-8-3-1-4-9-14)17(20-13-7-12-19-20)15-10-5-2-6-11-15/h1-13,16-17H,18H2. The molecule has 0 aliphatic heterocycles. The van der Waals surface area contributed by atoms with E-state index >= 15 is 0 Å². The first-order valence-corrected chi connectivity index (χ1v) is 6.71. The zero-order chi connectivity index (χ0) is 13.8. The Labute approximate surface area is 118 Å². The molecule has 20 heavy (non-hydrogen) atoms. The van der Waals surface area contributed by atoms with Gasteiger partial charge in [0.2, 0.25) is 0 Å². The second kappa shape index (κ2) is 5.72. The lowest BCUT2D eigenvalue weighted by Gasteiger charge is -2.25. The summed E-state index contributed by atoms with van der Waals surface area (Å²) >= 11 is 0. The first-order chi connectivity index (χ1) is 9.86. The molecule has 0 aliphatic rings. The zero-order valence-corrected chi connectivity index (χ0v) is 11.1. The maximum Gasteiger partial charge on any atom is 0.0960 e. The summed E-state index contributed by atoms with van der Waals surface area (Å²) in [6.45, 7) is 0. The summed E-state index contributed by atoms with van der Waals surface area (Å²) in [5.41, 5.74) is 8.77. The summed E-state index contributed by atoms with van der Waals surface area (Å²) in [6, 6.07) is 22.2. The van der Waals surface area contributed by atoms with E-state index < -0.39 is 0 Å². The van der Waals surface area contributed by atoms with Gasteiger partial charge in [-0.25, -0.2) is 0 Å². The van der Waals surface area contributed by atoms with Crippen LogP contribution in [0.5, 0.6) is 0 Å². The van der Waals surface area contributed by atoms with Gasteiger partial charge in [-0.3, -0.25) is 4.68 Å². The molecule has 100 valence electrons. The Balaban J connectivity index is 2.03. The van der Waals surface area contributed by atoms with Crippen molar-refractivity contribution in [2.45, 2.75) is 12.1 Å². The minimum Gasteiger partial charge on any atom is -0.322 e. The van der Waals surface area contributed by atoms with Crippen LogP contribution in [-0.4, -0.2) is 9.78 Å². The summed E-state index contributed by atoms with van der Waals surface area (Å²) in [6.07, 6.45) is 3.74. The van der Waals surface area contributed by atoms with Gasteiger partial charge in [-0.05, 0) is 17.2 Å². The number of hydrogen-bond donors (Lipinski definition) is 1. The topological polar surface area (TPSA) is 43.8 Å². The summed E-state index contributed by atoms with van der Waals surface area (Å²) in [7, 11) is 0. The Morgan fingerprint density at radius 1 is 0.800 bits per heavy atom. The van der Waals surface area contributed by atoms with Crippen LogP contribution in [0.2, 0.25) is 0 Å². The average molecular weight is 263 g/mol. The van der Waals surface area contributed by atoms with E-state index in [1.165, 1.54) is 0 Å². The lowest BCUT2D eigenvalue weighted by molar-refractivity contribution is 0.443. The second-order valence-electron chi connectivity index (χ2n) is 4.78. The first kappa shape index (κ1) is 12.6. The van der Waals surface area contributed by atoms with E-state index in [-0.39, 0.29) is 12.1 Å².